The van der Waals surface area contributed by atoms with Crippen molar-refractivity contribution in [2.75, 3.05) is 0 Å². The van der Waals surface area contributed by atoms with Gasteiger partial charge in [0.15, 0.2) is 0 Å². The maximum atomic E-state index is 6.02. The van der Waals surface area contributed by atoms with Crippen LogP contribution in [0.15, 0.2) is 42.5 Å². The summed E-state index contributed by atoms with van der Waals surface area (Å²) in [6.45, 7) is 2.33. The van der Waals surface area contributed by atoms with E-state index in [0.717, 1.165) is 22.8 Å². The average Bonchev–Trinajstić information content (AvgIpc) is 2.62. The van der Waals surface area contributed by atoms with Gasteiger partial charge in [-0.3, -0.25) is 0 Å². The summed E-state index contributed by atoms with van der Waals surface area (Å²) in [7, 11) is 0. The molecule has 0 aromatic heterocycles. The maximum absolute atomic E-state index is 6.02. The van der Waals surface area contributed by atoms with Crippen molar-refractivity contribution in [3.8, 4) is 11.1 Å². The molecular formula is C23H27Cl. The van der Waals surface area contributed by atoms with Crippen molar-refractivity contribution in [1.29, 1.82) is 0 Å². The van der Waals surface area contributed by atoms with Gasteiger partial charge < -0.3 is 0 Å². The Balaban J connectivity index is 1.58. The Hall–Kier alpha value is -1.27. The number of rotatable bonds is 3. The first-order valence-corrected chi connectivity index (χ1v) is 10.0. The summed E-state index contributed by atoms with van der Waals surface area (Å²) >= 11 is 6.02. The summed E-state index contributed by atoms with van der Waals surface area (Å²) < 4.78 is 0. The van der Waals surface area contributed by atoms with Gasteiger partial charge in [-0.05, 0) is 84.2 Å². The molecule has 1 saturated carbocycles. The van der Waals surface area contributed by atoms with Crippen molar-refractivity contribution >= 4 is 11.6 Å². The zero-order valence-electron chi connectivity index (χ0n) is 14.6. The molecule has 0 radical (unpaired) electrons. The van der Waals surface area contributed by atoms with Gasteiger partial charge >= 0.3 is 0 Å². The van der Waals surface area contributed by atoms with Crippen LogP contribution >= 0.6 is 11.6 Å². The molecule has 0 N–H and O–H groups in total. The Kier molecular flexibility index (Phi) is 4.68. The fourth-order valence-electron chi connectivity index (χ4n) is 5.11. The Morgan fingerprint density at radius 3 is 2.54 bits per heavy atom. The summed E-state index contributed by atoms with van der Waals surface area (Å²) in [5, 5.41) is 0.809. The van der Waals surface area contributed by atoms with Crippen LogP contribution in [0.3, 0.4) is 0 Å². The van der Waals surface area contributed by atoms with Gasteiger partial charge in [-0.25, -0.2) is 0 Å². The molecule has 0 bridgehead atoms. The van der Waals surface area contributed by atoms with E-state index in [4.69, 9.17) is 11.6 Å². The van der Waals surface area contributed by atoms with Gasteiger partial charge in [-0.1, -0.05) is 61.7 Å². The molecule has 2 aliphatic rings. The summed E-state index contributed by atoms with van der Waals surface area (Å²) in [5.74, 6) is 2.75. The maximum Gasteiger partial charge on any atom is 0.0406 e. The van der Waals surface area contributed by atoms with E-state index in [1.165, 1.54) is 56.1 Å². The third-order valence-electron chi connectivity index (χ3n) is 6.29. The van der Waals surface area contributed by atoms with Gasteiger partial charge in [0.2, 0.25) is 0 Å². The van der Waals surface area contributed by atoms with Gasteiger partial charge in [0, 0.05) is 5.02 Å². The SMILES string of the molecule is CCCC1CCC2c3ccc(-c4ccc(Cl)cc4)cc3CCC2C1. The lowest BCUT2D eigenvalue weighted by Crippen LogP contribution is -2.28. The van der Waals surface area contributed by atoms with Crippen LogP contribution in [0.5, 0.6) is 0 Å². The van der Waals surface area contributed by atoms with Gasteiger partial charge in [-0.15, -0.1) is 0 Å². The second-order valence-electron chi connectivity index (χ2n) is 7.79. The fourth-order valence-corrected chi connectivity index (χ4v) is 5.23. The summed E-state index contributed by atoms with van der Waals surface area (Å²) in [5.41, 5.74) is 5.86. The predicted molar refractivity (Wildman–Crippen MR) is 104 cm³/mol. The molecule has 0 aliphatic heterocycles. The van der Waals surface area contributed by atoms with Crippen molar-refractivity contribution in [3.05, 3.63) is 58.6 Å². The summed E-state index contributed by atoms with van der Waals surface area (Å²) in [6.07, 6.45) is 9.75. The minimum absolute atomic E-state index is 0.809. The highest BCUT2D eigenvalue weighted by Crippen LogP contribution is 2.48. The van der Waals surface area contributed by atoms with Crippen molar-refractivity contribution in [2.24, 2.45) is 11.8 Å². The van der Waals surface area contributed by atoms with E-state index in [-0.39, 0.29) is 0 Å². The van der Waals surface area contributed by atoms with Crippen LogP contribution in [0.25, 0.3) is 11.1 Å². The molecule has 1 heteroatoms. The van der Waals surface area contributed by atoms with Gasteiger partial charge in [0.25, 0.3) is 0 Å². The molecule has 0 spiro atoms. The normalized spacial score (nSPS) is 25.8. The molecule has 3 atom stereocenters. The van der Waals surface area contributed by atoms with Crippen molar-refractivity contribution in [3.63, 3.8) is 0 Å². The molecule has 0 saturated heterocycles. The van der Waals surface area contributed by atoms with Crippen LogP contribution in [0.1, 0.15) is 62.5 Å². The topological polar surface area (TPSA) is 0 Å². The number of halogens is 1. The lowest BCUT2D eigenvalue weighted by atomic mass is 9.64. The highest BCUT2D eigenvalue weighted by molar-refractivity contribution is 6.30. The smallest absolute Gasteiger partial charge is 0.0406 e. The van der Waals surface area contributed by atoms with E-state index >= 15 is 0 Å². The van der Waals surface area contributed by atoms with E-state index in [9.17, 15) is 0 Å². The van der Waals surface area contributed by atoms with Gasteiger partial charge in [0.05, 0.1) is 0 Å². The Morgan fingerprint density at radius 1 is 0.958 bits per heavy atom. The first-order valence-electron chi connectivity index (χ1n) is 9.63. The molecule has 0 amide bonds. The summed E-state index contributed by atoms with van der Waals surface area (Å²) in [6, 6.07) is 15.4. The number of hydrogen-bond donors (Lipinski definition) is 0. The average molecular weight is 339 g/mol. The second kappa shape index (κ2) is 6.92. The molecule has 3 unspecified atom stereocenters. The molecular weight excluding hydrogens is 312 g/mol. The van der Waals surface area contributed by atoms with Crippen molar-refractivity contribution < 1.29 is 0 Å². The first kappa shape index (κ1) is 16.2. The Labute approximate surface area is 151 Å². The van der Waals surface area contributed by atoms with Crippen LogP contribution in [0, 0.1) is 11.8 Å². The van der Waals surface area contributed by atoms with E-state index in [1.54, 1.807) is 11.1 Å². The molecule has 4 rings (SSSR count). The molecule has 1 fully saturated rings. The molecule has 2 aliphatic carbocycles. The van der Waals surface area contributed by atoms with Crippen LogP contribution in [0.2, 0.25) is 5.02 Å². The zero-order valence-corrected chi connectivity index (χ0v) is 15.4. The number of fused-ring (bicyclic) bond motifs is 3. The second-order valence-corrected chi connectivity index (χ2v) is 8.23. The number of aryl methyl sites for hydroxylation is 1. The highest BCUT2D eigenvalue weighted by atomic mass is 35.5. The standard InChI is InChI=1S/C23H27Cl/c1-2-3-16-4-12-22-19(14-16)5-6-20-15-18(9-13-23(20)22)17-7-10-21(24)11-8-17/h7-11,13,15-16,19,22H,2-6,12,14H2,1H3. The Morgan fingerprint density at radius 2 is 1.75 bits per heavy atom. The van der Waals surface area contributed by atoms with Crippen molar-refractivity contribution in [1.82, 2.24) is 0 Å². The molecule has 2 aromatic carbocycles. The van der Waals surface area contributed by atoms with Crippen LogP contribution < -0.4 is 0 Å². The minimum Gasteiger partial charge on any atom is -0.0843 e. The molecule has 2 aromatic rings. The third-order valence-corrected chi connectivity index (χ3v) is 6.54. The quantitative estimate of drug-likeness (QED) is 0.552. The lowest BCUT2D eigenvalue weighted by molar-refractivity contribution is 0.201. The van der Waals surface area contributed by atoms with Crippen LogP contribution in [-0.2, 0) is 6.42 Å². The van der Waals surface area contributed by atoms with Gasteiger partial charge in [-0.2, -0.15) is 0 Å². The number of hydrogen-bond acceptors (Lipinski definition) is 0. The van der Waals surface area contributed by atoms with Crippen molar-refractivity contribution in [2.45, 2.75) is 57.8 Å². The van der Waals surface area contributed by atoms with E-state index in [2.05, 4.69) is 37.3 Å². The summed E-state index contributed by atoms with van der Waals surface area (Å²) in [4.78, 5) is 0. The highest BCUT2D eigenvalue weighted by Gasteiger charge is 2.34. The van der Waals surface area contributed by atoms with Crippen LogP contribution in [0.4, 0.5) is 0 Å². The van der Waals surface area contributed by atoms with E-state index < -0.39 is 0 Å². The lowest BCUT2D eigenvalue weighted by Gasteiger charge is -2.40. The van der Waals surface area contributed by atoms with Crippen LogP contribution in [-0.4, -0.2) is 0 Å². The largest absolute Gasteiger partial charge is 0.0843 e. The third kappa shape index (κ3) is 3.14. The Bertz CT molecular complexity index is 700. The first-order chi connectivity index (χ1) is 11.7. The predicted octanol–water partition coefficient (Wildman–Crippen LogP) is 7.25. The number of benzene rings is 2. The molecule has 126 valence electrons. The zero-order chi connectivity index (χ0) is 16.5. The minimum atomic E-state index is 0.809. The van der Waals surface area contributed by atoms with E-state index in [0.29, 0.717) is 0 Å². The monoisotopic (exact) mass is 338 g/mol. The van der Waals surface area contributed by atoms with Gasteiger partial charge in [0.1, 0.15) is 0 Å². The molecule has 24 heavy (non-hydrogen) atoms. The van der Waals surface area contributed by atoms with E-state index in [1.807, 2.05) is 12.1 Å². The molecule has 0 nitrogen and oxygen atoms in total. The molecule has 0 heterocycles. The fraction of sp³-hybridized carbons (Fsp3) is 0.478.